The first kappa shape index (κ1) is 12.2. The molecule has 0 saturated carbocycles. The van der Waals surface area contributed by atoms with Crippen molar-refractivity contribution in [2.24, 2.45) is 0 Å². The highest BCUT2D eigenvalue weighted by atomic mass is 127. The van der Waals surface area contributed by atoms with Crippen LogP contribution in [0.3, 0.4) is 0 Å². The molecule has 0 aliphatic rings. The second-order valence-corrected chi connectivity index (χ2v) is 4.76. The van der Waals surface area contributed by atoms with E-state index in [2.05, 4.69) is 37.9 Å². The van der Waals surface area contributed by atoms with Crippen molar-refractivity contribution in [2.45, 2.75) is 6.92 Å². The first-order chi connectivity index (χ1) is 8.11. The lowest BCUT2D eigenvalue weighted by Gasteiger charge is -2.07. The summed E-state index contributed by atoms with van der Waals surface area (Å²) in [5.41, 5.74) is 1.67. The lowest BCUT2D eigenvalue weighted by Crippen LogP contribution is -2.00. The van der Waals surface area contributed by atoms with Crippen molar-refractivity contribution in [2.75, 3.05) is 12.4 Å². The van der Waals surface area contributed by atoms with E-state index in [1.165, 1.54) is 12.1 Å². The average Bonchev–Trinajstić information content (AvgIpc) is 2.33. The maximum Gasteiger partial charge on any atom is 0.161 e. The molecule has 2 rings (SSSR count). The number of halogens is 2. The van der Waals surface area contributed by atoms with E-state index < -0.39 is 0 Å². The van der Waals surface area contributed by atoms with Crippen molar-refractivity contribution < 1.29 is 4.39 Å². The number of aromatic nitrogens is 2. The van der Waals surface area contributed by atoms with Gasteiger partial charge in [0.05, 0.1) is 3.57 Å². The Kier molecular flexibility index (Phi) is 3.56. The van der Waals surface area contributed by atoms with E-state index in [-0.39, 0.29) is 5.82 Å². The van der Waals surface area contributed by atoms with E-state index in [1.807, 2.05) is 6.92 Å². The summed E-state index contributed by atoms with van der Waals surface area (Å²) in [7, 11) is 1.80. The summed E-state index contributed by atoms with van der Waals surface area (Å²) in [6, 6.07) is 4.62. The van der Waals surface area contributed by atoms with Gasteiger partial charge in [-0.2, -0.15) is 0 Å². The number of nitrogens with zero attached hydrogens (tertiary/aromatic N) is 2. The van der Waals surface area contributed by atoms with Crippen LogP contribution >= 0.6 is 22.6 Å². The number of hydrogen-bond donors (Lipinski definition) is 1. The van der Waals surface area contributed by atoms with Gasteiger partial charge in [-0.1, -0.05) is 6.07 Å². The Labute approximate surface area is 113 Å². The van der Waals surface area contributed by atoms with Gasteiger partial charge in [-0.05, 0) is 47.2 Å². The van der Waals surface area contributed by atoms with Crippen molar-refractivity contribution in [3.8, 4) is 11.4 Å². The van der Waals surface area contributed by atoms with Crippen molar-refractivity contribution >= 4 is 28.4 Å². The Hall–Kier alpha value is -1.24. The van der Waals surface area contributed by atoms with Crippen LogP contribution in [0.1, 0.15) is 5.56 Å². The van der Waals surface area contributed by atoms with Crippen LogP contribution < -0.4 is 5.32 Å². The third-order valence-corrected chi connectivity index (χ3v) is 3.21. The fourth-order valence-electron chi connectivity index (χ4n) is 1.51. The van der Waals surface area contributed by atoms with Crippen LogP contribution in [0.25, 0.3) is 11.4 Å². The number of aryl methyl sites for hydroxylation is 1. The van der Waals surface area contributed by atoms with E-state index >= 15 is 0 Å². The van der Waals surface area contributed by atoms with Crippen LogP contribution in [-0.2, 0) is 0 Å². The highest BCUT2D eigenvalue weighted by molar-refractivity contribution is 14.1. The topological polar surface area (TPSA) is 37.8 Å². The molecule has 0 aliphatic carbocycles. The molecule has 0 fully saturated rings. The molecule has 1 heterocycles. The minimum atomic E-state index is -0.279. The second kappa shape index (κ2) is 4.95. The zero-order valence-corrected chi connectivity index (χ0v) is 11.6. The zero-order valence-electron chi connectivity index (χ0n) is 9.46. The van der Waals surface area contributed by atoms with Crippen LogP contribution in [0.2, 0.25) is 0 Å². The molecule has 88 valence electrons. The van der Waals surface area contributed by atoms with Gasteiger partial charge in [0.25, 0.3) is 0 Å². The van der Waals surface area contributed by atoms with Crippen molar-refractivity contribution in [3.63, 3.8) is 0 Å². The molecule has 0 radical (unpaired) electrons. The van der Waals surface area contributed by atoms with Gasteiger partial charge in [0.15, 0.2) is 5.82 Å². The summed E-state index contributed by atoms with van der Waals surface area (Å²) in [5.74, 6) is 1.00. The number of nitrogens with one attached hydrogen (secondary N) is 1. The predicted molar refractivity (Wildman–Crippen MR) is 74.4 cm³/mol. The van der Waals surface area contributed by atoms with E-state index in [4.69, 9.17) is 0 Å². The molecule has 0 bridgehead atoms. The molecule has 1 aromatic carbocycles. The number of benzene rings is 1. The minimum absolute atomic E-state index is 0.279. The normalized spacial score (nSPS) is 10.4. The number of rotatable bonds is 2. The Balaban J connectivity index is 2.56. The van der Waals surface area contributed by atoms with Gasteiger partial charge < -0.3 is 5.32 Å². The summed E-state index contributed by atoms with van der Waals surface area (Å²) in [5, 5.41) is 2.99. The molecule has 0 aliphatic heterocycles. The fourth-order valence-corrected chi connectivity index (χ4v) is 2.04. The van der Waals surface area contributed by atoms with Gasteiger partial charge in [0, 0.05) is 18.8 Å². The molecule has 0 spiro atoms. The highest BCUT2D eigenvalue weighted by Crippen LogP contribution is 2.23. The number of anilines is 1. The number of hydrogen-bond acceptors (Lipinski definition) is 3. The summed E-state index contributed by atoms with van der Waals surface area (Å²) in [4.78, 5) is 8.60. The Morgan fingerprint density at radius 2 is 2.12 bits per heavy atom. The third-order valence-electron chi connectivity index (χ3n) is 2.42. The van der Waals surface area contributed by atoms with Crippen molar-refractivity contribution in [3.05, 3.63) is 39.3 Å². The average molecular weight is 343 g/mol. The SMILES string of the molecule is CNc1nc(-c2cc(F)ccc2C)ncc1I. The monoisotopic (exact) mass is 343 g/mol. The van der Waals surface area contributed by atoms with Gasteiger partial charge in [-0.25, -0.2) is 14.4 Å². The summed E-state index contributed by atoms with van der Waals surface area (Å²) in [6.07, 6.45) is 1.72. The molecule has 0 atom stereocenters. The highest BCUT2D eigenvalue weighted by Gasteiger charge is 2.09. The minimum Gasteiger partial charge on any atom is -0.372 e. The largest absolute Gasteiger partial charge is 0.372 e. The smallest absolute Gasteiger partial charge is 0.161 e. The molecule has 17 heavy (non-hydrogen) atoms. The lowest BCUT2D eigenvalue weighted by molar-refractivity contribution is 0.627. The first-order valence-corrected chi connectivity index (χ1v) is 6.16. The van der Waals surface area contributed by atoms with Gasteiger partial charge in [0.1, 0.15) is 11.6 Å². The van der Waals surface area contributed by atoms with Crippen molar-refractivity contribution in [1.29, 1.82) is 0 Å². The maximum atomic E-state index is 13.2. The Bertz CT molecular complexity index is 557. The van der Waals surface area contributed by atoms with Crippen LogP contribution in [0.15, 0.2) is 24.4 Å². The quantitative estimate of drug-likeness (QED) is 0.851. The zero-order chi connectivity index (χ0) is 12.4. The molecule has 1 aromatic heterocycles. The second-order valence-electron chi connectivity index (χ2n) is 3.60. The van der Waals surface area contributed by atoms with Gasteiger partial charge in [0.2, 0.25) is 0 Å². The molecular weight excluding hydrogens is 332 g/mol. The lowest BCUT2D eigenvalue weighted by atomic mass is 10.1. The molecular formula is C12H11FIN3. The molecule has 0 unspecified atom stereocenters. The predicted octanol–water partition coefficient (Wildman–Crippen LogP) is 3.24. The molecule has 2 aromatic rings. The first-order valence-electron chi connectivity index (χ1n) is 5.08. The molecule has 0 amide bonds. The molecule has 1 N–H and O–H groups in total. The van der Waals surface area contributed by atoms with E-state index in [0.29, 0.717) is 5.82 Å². The van der Waals surface area contributed by atoms with Gasteiger partial charge >= 0.3 is 0 Å². The van der Waals surface area contributed by atoms with Crippen LogP contribution in [-0.4, -0.2) is 17.0 Å². The Morgan fingerprint density at radius 3 is 2.82 bits per heavy atom. The van der Waals surface area contributed by atoms with Crippen molar-refractivity contribution in [1.82, 2.24) is 9.97 Å². The summed E-state index contributed by atoms with van der Waals surface area (Å²) >= 11 is 2.15. The Morgan fingerprint density at radius 1 is 1.35 bits per heavy atom. The maximum absolute atomic E-state index is 13.2. The van der Waals surface area contributed by atoms with E-state index in [1.54, 1.807) is 19.3 Å². The fraction of sp³-hybridized carbons (Fsp3) is 0.167. The van der Waals surface area contributed by atoms with Crippen LogP contribution in [0, 0.1) is 16.3 Å². The van der Waals surface area contributed by atoms with E-state index in [9.17, 15) is 4.39 Å². The molecule has 0 saturated heterocycles. The molecule has 3 nitrogen and oxygen atoms in total. The van der Waals surface area contributed by atoms with E-state index in [0.717, 1.165) is 20.5 Å². The molecule has 5 heteroatoms. The van der Waals surface area contributed by atoms with Gasteiger partial charge in [-0.15, -0.1) is 0 Å². The summed E-state index contributed by atoms with van der Waals surface area (Å²) < 4.78 is 14.2. The standard InChI is InChI=1S/C12H11FIN3/c1-7-3-4-8(13)5-9(7)11-16-6-10(14)12(15-2)17-11/h3-6H,1-2H3,(H,15,16,17). The van der Waals surface area contributed by atoms with Crippen LogP contribution in [0.4, 0.5) is 10.2 Å². The third kappa shape index (κ3) is 2.54. The summed E-state index contributed by atoms with van der Waals surface area (Å²) in [6.45, 7) is 1.91. The van der Waals surface area contributed by atoms with Crippen LogP contribution in [0.5, 0.6) is 0 Å². The van der Waals surface area contributed by atoms with Gasteiger partial charge in [-0.3, -0.25) is 0 Å².